The summed E-state index contributed by atoms with van der Waals surface area (Å²) in [5.41, 5.74) is 2.97. The van der Waals surface area contributed by atoms with E-state index in [-0.39, 0.29) is 0 Å². The maximum Gasteiger partial charge on any atom is 0.125 e. The zero-order valence-electron chi connectivity index (χ0n) is 14.0. The molecule has 0 radical (unpaired) electrons. The van der Waals surface area contributed by atoms with Crippen LogP contribution in [0, 0.1) is 11.3 Å². The van der Waals surface area contributed by atoms with Gasteiger partial charge in [0.1, 0.15) is 17.1 Å². The zero-order valence-corrected chi connectivity index (χ0v) is 14.9. The molecule has 2 aromatic rings. The molecule has 2 fully saturated rings. The van der Waals surface area contributed by atoms with Crippen LogP contribution in [0.3, 0.4) is 0 Å². The summed E-state index contributed by atoms with van der Waals surface area (Å²) < 4.78 is 18.1. The van der Waals surface area contributed by atoms with Crippen LogP contribution in [0.5, 0.6) is 0 Å². The number of nitriles is 1. The molecule has 2 aliphatic rings. The molecule has 1 heterocycles. The van der Waals surface area contributed by atoms with Gasteiger partial charge in [-0.3, -0.25) is 0 Å². The second-order valence-corrected chi connectivity index (χ2v) is 8.35. The molecule has 4 rings (SSSR count). The van der Waals surface area contributed by atoms with Gasteiger partial charge in [0.05, 0.1) is 16.0 Å². The van der Waals surface area contributed by atoms with Gasteiger partial charge in [0.15, 0.2) is 0 Å². The Kier molecular flexibility index (Phi) is 4.19. The molecular weight excluding hydrogens is 318 g/mol. The van der Waals surface area contributed by atoms with E-state index in [0.717, 1.165) is 39.9 Å². The van der Waals surface area contributed by atoms with Gasteiger partial charge < -0.3 is 4.57 Å². The van der Waals surface area contributed by atoms with Crippen LogP contribution in [-0.2, 0) is 18.0 Å². The number of nitrogens with one attached hydrogen (secondary N) is 1. The highest BCUT2D eigenvalue weighted by Gasteiger charge is 2.31. The van der Waals surface area contributed by atoms with Crippen LogP contribution in [0.15, 0.2) is 23.1 Å². The summed E-state index contributed by atoms with van der Waals surface area (Å²) >= 11 is 0. The highest BCUT2D eigenvalue weighted by atomic mass is 32.2. The van der Waals surface area contributed by atoms with E-state index in [4.69, 9.17) is 0 Å². The quantitative estimate of drug-likeness (QED) is 0.917. The third kappa shape index (κ3) is 2.78. The summed E-state index contributed by atoms with van der Waals surface area (Å²) in [6.45, 7) is 0. The molecule has 24 heavy (non-hydrogen) atoms. The number of nitrogens with zero attached hydrogens (tertiary/aromatic N) is 2. The van der Waals surface area contributed by atoms with Crippen molar-refractivity contribution in [2.45, 2.75) is 61.8 Å². The first-order valence-corrected chi connectivity index (χ1v) is 10.0. The van der Waals surface area contributed by atoms with Crippen LogP contribution in [0.25, 0.3) is 10.9 Å². The highest BCUT2D eigenvalue weighted by Crippen LogP contribution is 2.44. The molecule has 2 saturated carbocycles. The summed E-state index contributed by atoms with van der Waals surface area (Å²) in [5.74, 6) is 0.520. The van der Waals surface area contributed by atoms with Gasteiger partial charge >= 0.3 is 0 Å². The first kappa shape index (κ1) is 15.9. The molecule has 0 bridgehead atoms. The summed E-state index contributed by atoms with van der Waals surface area (Å²) in [6.07, 6.45) is 8.30. The van der Waals surface area contributed by atoms with Crippen LogP contribution >= 0.6 is 0 Å². The summed E-state index contributed by atoms with van der Waals surface area (Å²) in [5, 5.41) is 10.6. The molecule has 126 valence electrons. The first-order chi connectivity index (χ1) is 11.7. The fourth-order valence-electron chi connectivity index (χ4n) is 3.94. The van der Waals surface area contributed by atoms with E-state index in [1.54, 1.807) is 0 Å². The van der Waals surface area contributed by atoms with Crippen molar-refractivity contribution in [3.63, 3.8) is 0 Å². The minimum atomic E-state index is -1.19. The zero-order chi connectivity index (χ0) is 16.7. The average molecular weight is 341 g/mol. The molecule has 0 spiro atoms. The molecule has 1 aromatic carbocycles. The van der Waals surface area contributed by atoms with Crippen molar-refractivity contribution in [2.24, 2.45) is 7.05 Å². The van der Waals surface area contributed by atoms with Crippen molar-refractivity contribution in [2.75, 3.05) is 0 Å². The normalized spacial score (nSPS) is 20.2. The van der Waals surface area contributed by atoms with Gasteiger partial charge in [-0.2, -0.15) is 5.26 Å². The highest BCUT2D eigenvalue weighted by molar-refractivity contribution is 7.83. The predicted octanol–water partition coefficient (Wildman–Crippen LogP) is 3.87. The topological polar surface area (TPSA) is 57.8 Å². The molecule has 0 amide bonds. The predicted molar refractivity (Wildman–Crippen MR) is 96.0 cm³/mol. The van der Waals surface area contributed by atoms with Gasteiger partial charge in [-0.25, -0.2) is 8.93 Å². The Labute approximate surface area is 145 Å². The summed E-state index contributed by atoms with van der Waals surface area (Å²) in [6, 6.07) is 8.61. The third-order valence-corrected chi connectivity index (χ3v) is 6.62. The standard InChI is InChI=1S/C19H23N3OS/c1-22-18-11-15(24(23)21-14-5-3-2-4-6-14)9-10-16(18)17(12-20)19(22)13-7-8-13/h9-11,13-14,21H,2-8H2,1H3. The van der Waals surface area contributed by atoms with E-state index in [9.17, 15) is 9.47 Å². The Morgan fingerprint density at radius 1 is 1.21 bits per heavy atom. The van der Waals surface area contributed by atoms with E-state index in [0.29, 0.717) is 12.0 Å². The number of benzene rings is 1. The number of hydrogen-bond acceptors (Lipinski definition) is 2. The minimum absolute atomic E-state index is 0.361. The van der Waals surface area contributed by atoms with Crippen molar-refractivity contribution in [3.8, 4) is 6.07 Å². The molecule has 1 atom stereocenters. The number of aryl methyl sites for hydroxylation is 1. The second kappa shape index (κ2) is 6.34. The van der Waals surface area contributed by atoms with E-state index >= 15 is 0 Å². The number of rotatable bonds is 4. The van der Waals surface area contributed by atoms with Gasteiger partial charge in [0.2, 0.25) is 0 Å². The number of fused-ring (bicyclic) bond motifs is 1. The van der Waals surface area contributed by atoms with Crippen molar-refractivity contribution in [1.82, 2.24) is 9.29 Å². The van der Waals surface area contributed by atoms with E-state index in [1.165, 1.54) is 32.1 Å². The van der Waals surface area contributed by atoms with Gasteiger partial charge in [0.25, 0.3) is 0 Å². The van der Waals surface area contributed by atoms with Crippen molar-refractivity contribution >= 4 is 21.9 Å². The first-order valence-electron chi connectivity index (χ1n) is 8.89. The molecule has 4 nitrogen and oxygen atoms in total. The Morgan fingerprint density at radius 2 is 1.96 bits per heavy atom. The minimum Gasteiger partial charge on any atom is -0.346 e. The molecule has 1 aromatic heterocycles. The molecular formula is C19H23N3OS. The summed E-state index contributed by atoms with van der Waals surface area (Å²) in [4.78, 5) is 0.806. The van der Waals surface area contributed by atoms with Crippen molar-refractivity contribution < 1.29 is 4.21 Å². The Bertz CT molecular complexity index is 838. The van der Waals surface area contributed by atoms with Crippen molar-refractivity contribution in [1.29, 1.82) is 5.26 Å². The van der Waals surface area contributed by atoms with Crippen LogP contribution in [0.4, 0.5) is 0 Å². The number of aromatic nitrogens is 1. The second-order valence-electron chi connectivity index (χ2n) is 7.11. The summed E-state index contributed by atoms with van der Waals surface area (Å²) in [7, 11) is 0.840. The molecule has 0 saturated heterocycles. The Morgan fingerprint density at radius 3 is 2.62 bits per heavy atom. The molecule has 0 aliphatic heterocycles. The van der Waals surface area contributed by atoms with Gasteiger partial charge in [0, 0.05) is 30.1 Å². The monoisotopic (exact) mass is 341 g/mol. The fourth-order valence-corrected chi connectivity index (χ4v) is 5.03. The molecule has 2 aliphatic carbocycles. The Balaban J connectivity index is 1.66. The lowest BCUT2D eigenvalue weighted by Crippen LogP contribution is -2.32. The maximum atomic E-state index is 12.7. The SMILES string of the molecule is Cn1c(C2CC2)c(C#N)c2ccc(S(=O)NC3CCCCC3)cc21. The van der Waals surface area contributed by atoms with Gasteiger partial charge in [-0.05, 0) is 37.8 Å². The molecule has 5 heteroatoms. The van der Waals surface area contributed by atoms with Crippen LogP contribution < -0.4 is 4.72 Å². The van der Waals surface area contributed by atoms with Crippen LogP contribution in [0.2, 0.25) is 0 Å². The smallest absolute Gasteiger partial charge is 0.125 e. The lowest BCUT2D eigenvalue weighted by molar-refractivity contribution is 0.419. The Hall–Kier alpha value is -1.64. The maximum absolute atomic E-state index is 12.7. The van der Waals surface area contributed by atoms with E-state index < -0.39 is 11.0 Å². The van der Waals surface area contributed by atoms with Crippen molar-refractivity contribution in [3.05, 3.63) is 29.5 Å². The number of hydrogen-bond donors (Lipinski definition) is 1. The molecule has 1 N–H and O–H groups in total. The van der Waals surface area contributed by atoms with Gasteiger partial charge in [-0.1, -0.05) is 25.3 Å². The average Bonchev–Trinajstić information content (AvgIpc) is 3.40. The van der Waals surface area contributed by atoms with Crippen LogP contribution in [0.1, 0.15) is 62.1 Å². The fraction of sp³-hybridized carbons (Fsp3) is 0.526. The van der Waals surface area contributed by atoms with E-state index in [2.05, 4.69) is 15.4 Å². The van der Waals surface area contributed by atoms with Gasteiger partial charge in [-0.15, -0.1) is 0 Å². The van der Waals surface area contributed by atoms with E-state index in [1.807, 2.05) is 25.2 Å². The largest absolute Gasteiger partial charge is 0.346 e. The third-order valence-electron chi connectivity index (χ3n) is 5.39. The van der Waals surface area contributed by atoms with Crippen LogP contribution in [-0.4, -0.2) is 14.8 Å². The lowest BCUT2D eigenvalue weighted by atomic mass is 9.96. The molecule has 1 unspecified atom stereocenters. The lowest BCUT2D eigenvalue weighted by Gasteiger charge is -2.22.